The Hall–Kier alpha value is -0.210. The molecule has 0 radical (unpaired) electrons. The molecule has 1 unspecified atom stereocenters. The Morgan fingerprint density at radius 3 is 2.82 bits per heavy atom. The summed E-state index contributed by atoms with van der Waals surface area (Å²) >= 11 is 9.67. The van der Waals surface area contributed by atoms with Crippen LogP contribution in [-0.4, -0.2) is 6.04 Å². The van der Waals surface area contributed by atoms with E-state index < -0.39 is 0 Å². The van der Waals surface area contributed by atoms with Gasteiger partial charge in [-0.1, -0.05) is 44.4 Å². The van der Waals surface area contributed by atoms with Crippen LogP contribution in [0.3, 0.4) is 0 Å². The van der Waals surface area contributed by atoms with Gasteiger partial charge in [-0.05, 0) is 46.3 Å². The quantitative estimate of drug-likeness (QED) is 0.761. The number of hydrogen-bond acceptors (Lipinski definition) is 1. The molecule has 0 aromatic heterocycles. The molecule has 0 saturated heterocycles. The molecule has 1 fully saturated rings. The summed E-state index contributed by atoms with van der Waals surface area (Å²) in [5.74, 6) is 0. The van der Waals surface area contributed by atoms with Crippen molar-refractivity contribution in [3.05, 3.63) is 27.7 Å². The Morgan fingerprint density at radius 2 is 2.12 bits per heavy atom. The number of halogens is 2. The third kappa shape index (κ3) is 2.97. The lowest BCUT2D eigenvalue weighted by molar-refractivity contribution is 0.217. The first kappa shape index (κ1) is 13.2. The summed E-state index contributed by atoms with van der Waals surface area (Å²) in [4.78, 5) is 0. The predicted octanol–water partition coefficient (Wildman–Crippen LogP) is 5.48. The molecule has 94 valence electrons. The van der Waals surface area contributed by atoms with Crippen LogP contribution in [0.5, 0.6) is 0 Å². The zero-order valence-electron chi connectivity index (χ0n) is 10.4. The molecule has 0 heterocycles. The van der Waals surface area contributed by atoms with Crippen molar-refractivity contribution in [2.75, 3.05) is 5.32 Å². The number of benzene rings is 1. The molecule has 1 atom stereocenters. The first-order chi connectivity index (χ1) is 8.00. The first-order valence-corrected chi connectivity index (χ1v) is 7.38. The maximum absolute atomic E-state index is 6.12. The van der Waals surface area contributed by atoms with Gasteiger partial charge in [-0.15, -0.1) is 0 Å². The molecule has 0 spiro atoms. The van der Waals surface area contributed by atoms with Gasteiger partial charge in [0.1, 0.15) is 0 Å². The highest BCUT2D eigenvalue weighted by atomic mass is 79.9. The van der Waals surface area contributed by atoms with Crippen LogP contribution >= 0.6 is 27.5 Å². The third-order valence-electron chi connectivity index (χ3n) is 3.79. The van der Waals surface area contributed by atoms with Gasteiger partial charge in [0.25, 0.3) is 0 Å². The van der Waals surface area contributed by atoms with Gasteiger partial charge in [0.15, 0.2) is 0 Å². The summed E-state index contributed by atoms with van der Waals surface area (Å²) in [6.07, 6.45) is 5.20. The van der Waals surface area contributed by atoms with Gasteiger partial charge >= 0.3 is 0 Å². The second-order valence-electron chi connectivity index (χ2n) is 5.53. The lowest BCUT2D eigenvalue weighted by Crippen LogP contribution is -2.38. The van der Waals surface area contributed by atoms with Crippen molar-refractivity contribution >= 4 is 33.2 Å². The largest absolute Gasteiger partial charge is 0.381 e. The molecule has 1 aromatic rings. The minimum Gasteiger partial charge on any atom is -0.381 e. The van der Waals surface area contributed by atoms with Crippen molar-refractivity contribution in [1.29, 1.82) is 0 Å². The van der Waals surface area contributed by atoms with E-state index in [0.29, 0.717) is 11.5 Å². The number of nitrogens with one attached hydrogen (secondary N) is 1. The van der Waals surface area contributed by atoms with Crippen LogP contribution in [0.4, 0.5) is 5.69 Å². The Labute approximate surface area is 117 Å². The van der Waals surface area contributed by atoms with E-state index in [2.05, 4.69) is 41.2 Å². The average Bonchev–Trinajstić information content (AvgIpc) is 2.27. The maximum Gasteiger partial charge on any atom is 0.0593 e. The van der Waals surface area contributed by atoms with Crippen LogP contribution in [0.15, 0.2) is 22.7 Å². The molecular weight excluding hydrogens is 298 g/mol. The molecule has 1 N–H and O–H groups in total. The highest BCUT2D eigenvalue weighted by Crippen LogP contribution is 2.39. The summed E-state index contributed by atoms with van der Waals surface area (Å²) < 4.78 is 0.975. The highest BCUT2D eigenvalue weighted by Gasteiger charge is 2.32. The van der Waals surface area contributed by atoms with Crippen molar-refractivity contribution in [2.45, 2.75) is 45.6 Å². The van der Waals surface area contributed by atoms with E-state index in [9.17, 15) is 0 Å². The summed E-state index contributed by atoms with van der Waals surface area (Å²) in [6.45, 7) is 4.70. The SMILES string of the molecule is CC1(C)CCCCC1Nc1cccc(Cl)c1Br. The van der Waals surface area contributed by atoms with Crippen molar-refractivity contribution in [2.24, 2.45) is 5.41 Å². The number of anilines is 1. The van der Waals surface area contributed by atoms with Crippen molar-refractivity contribution in [3.8, 4) is 0 Å². The fourth-order valence-corrected chi connectivity index (χ4v) is 3.12. The molecule has 0 amide bonds. The van der Waals surface area contributed by atoms with Gasteiger partial charge in [0.05, 0.1) is 15.2 Å². The standard InChI is InChI=1S/C14H19BrClN/c1-14(2)9-4-3-8-12(14)17-11-7-5-6-10(16)13(11)15/h5-7,12,17H,3-4,8-9H2,1-2H3. The molecule has 0 bridgehead atoms. The van der Waals surface area contributed by atoms with Crippen molar-refractivity contribution < 1.29 is 0 Å². The second-order valence-corrected chi connectivity index (χ2v) is 6.73. The fraction of sp³-hybridized carbons (Fsp3) is 0.571. The molecule has 1 aliphatic carbocycles. The van der Waals surface area contributed by atoms with Gasteiger partial charge in [-0.25, -0.2) is 0 Å². The van der Waals surface area contributed by atoms with Crippen LogP contribution in [0.25, 0.3) is 0 Å². The van der Waals surface area contributed by atoms with E-state index in [1.165, 1.54) is 25.7 Å². The predicted molar refractivity (Wildman–Crippen MR) is 78.8 cm³/mol. The number of rotatable bonds is 2. The van der Waals surface area contributed by atoms with Crippen LogP contribution in [0.2, 0.25) is 5.02 Å². The summed E-state index contributed by atoms with van der Waals surface area (Å²) in [5.41, 5.74) is 1.47. The molecule has 0 aliphatic heterocycles. The van der Waals surface area contributed by atoms with Gasteiger partial charge in [0, 0.05) is 6.04 Å². The van der Waals surface area contributed by atoms with E-state index in [1.54, 1.807) is 0 Å². The van der Waals surface area contributed by atoms with E-state index in [1.807, 2.05) is 12.1 Å². The lowest BCUT2D eigenvalue weighted by atomic mass is 9.73. The molecule has 1 saturated carbocycles. The molecule has 17 heavy (non-hydrogen) atoms. The number of hydrogen-bond donors (Lipinski definition) is 1. The van der Waals surface area contributed by atoms with E-state index in [-0.39, 0.29) is 0 Å². The van der Waals surface area contributed by atoms with E-state index in [0.717, 1.165) is 15.2 Å². The Bertz CT molecular complexity index is 403. The maximum atomic E-state index is 6.12. The summed E-state index contributed by atoms with van der Waals surface area (Å²) in [6, 6.07) is 6.51. The van der Waals surface area contributed by atoms with Crippen molar-refractivity contribution in [1.82, 2.24) is 0 Å². The van der Waals surface area contributed by atoms with Crippen LogP contribution < -0.4 is 5.32 Å². The van der Waals surface area contributed by atoms with Gasteiger partial charge in [-0.3, -0.25) is 0 Å². The van der Waals surface area contributed by atoms with Crippen LogP contribution in [-0.2, 0) is 0 Å². The average molecular weight is 317 g/mol. The van der Waals surface area contributed by atoms with Gasteiger partial charge in [-0.2, -0.15) is 0 Å². The smallest absolute Gasteiger partial charge is 0.0593 e. The molecule has 3 heteroatoms. The molecular formula is C14H19BrClN. The zero-order chi connectivity index (χ0) is 12.5. The zero-order valence-corrected chi connectivity index (χ0v) is 12.7. The molecule has 1 aliphatic rings. The first-order valence-electron chi connectivity index (χ1n) is 6.21. The van der Waals surface area contributed by atoms with Crippen LogP contribution in [0.1, 0.15) is 39.5 Å². The normalized spacial score (nSPS) is 23.4. The second kappa shape index (κ2) is 5.19. The van der Waals surface area contributed by atoms with E-state index in [4.69, 9.17) is 11.6 Å². The Balaban J connectivity index is 2.17. The minimum atomic E-state index is 0.361. The minimum absolute atomic E-state index is 0.361. The van der Waals surface area contributed by atoms with Crippen LogP contribution in [0, 0.1) is 5.41 Å². The topological polar surface area (TPSA) is 12.0 Å². The van der Waals surface area contributed by atoms with E-state index >= 15 is 0 Å². The molecule has 1 aromatic carbocycles. The Kier molecular flexibility index (Phi) is 4.04. The molecule has 2 rings (SSSR count). The summed E-state index contributed by atoms with van der Waals surface area (Å²) in [5, 5.41) is 4.42. The highest BCUT2D eigenvalue weighted by molar-refractivity contribution is 9.10. The third-order valence-corrected chi connectivity index (χ3v) is 5.19. The summed E-state index contributed by atoms with van der Waals surface area (Å²) in [7, 11) is 0. The van der Waals surface area contributed by atoms with Gasteiger partial charge in [0.2, 0.25) is 0 Å². The van der Waals surface area contributed by atoms with Crippen molar-refractivity contribution in [3.63, 3.8) is 0 Å². The van der Waals surface area contributed by atoms with Gasteiger partial charge < -0.3 is 5.32 Å². The monoisotopic (exact) mass is 315 g/mol. The lowest BCUT2D eigenvalue weighted by Gasteiger charge is -2.39. The fourth-order valence-electron chi connectivity index (χ4n) is 2.56. The molecule has 1 nitrogen and oxygen atoms in total. The Morgan fingerprint density at radius 1 is 1.35 bits per heavy atom.